The Balaban J connectivity index is 2.40. The van der Waals surface area contributed by atoms with Gasteiger partial charge in [0.2, 0.25) is 0 Å². The predicted molar refractivity (Wildman–Crippen MR) is 75.2 cm³/mol. The smallest absolute Gasteiger partial charge is 0.269 e. The molecule has 0 atom stereocenters. The summed E-state index contributed by atoms with van der Waals surface area (Å²) < 4.78 is 0. The van der Waals surface area contributed by atoms with Crippen molar-refractivity contribution in [1.82, 2.24) is 4.98 Å². The summed E-state index contributed by atoms with van der Waals surface area (Å²) in [5.74, 6) is 0.519. The lowest BCUT2D eigenvalue weighted by Crippen LogP contribution is -2.02. The standard InChI is InChI=1S/C14H12N4O2/c1-2-16-14-11(9-15)5-8-13(17-14)10-3-6-12(7-4-10)18(19)20/h3-8H,2H2,1H3,(H,16,17). The van der Waals surface area contributed by atoms with E-state index in [4.69, 9.17) is 5.26 Å². The average Bonchev–Trinajstić information content (AvgIpc) is 2.47. The van der Waals surface area contributed by atoms with E-state index in [0.29, 0.717) is 23.6 Å². The third-order valence-corrected chi connectivity index (χ3v) is 2.73. The van der Waals surface area contributed by atoms with Gasteiger partial charge < -0.3 is 5.32 Å². The highest BCUT2D eigenvalue weighted by Crippen LogP contribution is 2.23. The summed E-state index contributed by atoms with van der Waals surface area (Å²) >= 11 is 0. The van der Waals surface area contributed by atoms with E-state index in [1.807, 2.05) is 6.92 Å². The molecule has 6 nitrogen and oxygen atoms in total. The molecule has 100 valence electrons. The zero-order valence-corrected chi connectivity index (χ0v) is 10.8. The number of nitriles is 1. The fourth-order valence-corrected chi connectivity index (χ4v) is 1.77. The van der Waals surface area contributed by atoms with Gasteiger partial charge in [-0.3, -0.25) is 10.1 Å². The van der Waals surface area contributed by atoms with Crippen LogP contribution < -0.4 is 5.32 Å². The van der Waals surface area contributed by atoms with Gasteiger partial charge in [0, 0.05) is 24.2 Å². The summed E-state index contributed by atoms with van der Waals surface area (Å²) in [6.07, 6.45) is 0. The number of nitro benzene ring substituents is 1. The van der Waals surface area contributed by atoms with E-state index >= 15 is 0 Å². The Kier molecular flexibility index (Phi) is 3.91. The van der Waals surface area contributed by atoms with Crippen LogP contribution >= 0.6 is 0 Å². The number of aromatic nitrogens is 1. The van der Waals surface area contributed by atoms with Crippen molar-refractivity contribution in [2.24, 2.45) is 0 Å². The summed E-state index contributed by atoms with van der Waals surface area (Å²) in [5.41, 5.74) is 1.93. The van der Waals surface area contributed by atoms with Crippen LogP contribution in [0.1, 0.15) is 12.5 Å². The van der Waals surface area contributed by atoms with Crippen LogP contribution in [0, 0.1) is 21.4 Å². The quantitative estimate of drug-likeness (QED) is 0.679. The second-order valence-corrected chi connectivity index (χ2v) is 4.04. The van der Waals surface area contributed by atoms with Crippen molar-refractivity contribution in [3.05, 3.63) is 52.1 Å². The van der Waals surface area contributed by atoms with Crippen LogP contribution in [0.15, 0.2) is 36.4 Å². The monoisotopic (exact) mass is 268 g/mol. The van der Waals surface area contributed by atoms with Crippen LogP contribution in [0.2, 0.25) is 0 Å². The van der Waals surface area contributed by atoms with Crippen LogP contribution in [0.5, 0.6) is 0 Å². The lowest BCUT2D eigenvalue weighted by atomic mass is 10.1. The number of nitrogens with one attached hydrogen (secondary N) is 1. The molecule has 0 aliphatic carbocycles. The van der Waals surface area contributed by atoms with Crippen LogP contribution in [0.3, 0.4) is 0 Å². The van der Waals surface area contributed by atoms with Crippen molar-refractivity contribution in [3.8, 4) is 17.3 Å². The van der Waals surface area contributed by atoms with Crippen molar-refractivity contribution in [2.45, 2.75) is 6.92 Å². The van der Waals surface area contributed by atoms with Crippen molar-refractivity contribution in [2.75, 3.05) is 11.9 Å². The van der Waals surface area contributed by atoms with Crippen molar-refractivity contribution >= 4 is 11.5 Å². The zero-order chi connectivity index (χ0) is 14.5. The predicted octanol–water partition coefficient (Wildman–Crippen LogP) is 2.96. The molecule has 1 N–H and O–H groups in total. The first kappa shape index (κ1) is 13.5. The molecule has 0 saturated heterocycles. The molecule has 2 aromatic rings. The number of non-ortho nitro benzene ring substituents is 1. The average molecular weight is 268 g/mol. The Morgan fingerprint density at radius 1 is 1.30 bits per heavy atom. The van der Waals surface area contributed by atoms with E-state index in [9.17, 15) is 10.1 Å². The third kappa shape index (κ3) is 2.72. The molecule has 6 heteroatoms. The van der Waals surface area contributed by atoms with Gasteiger partial charge in [0.05, 0.1) is 16.2 Å². The molecule has 0 fully saturated rings. The van der Waals surface area contributed by atoms with Gasteiger partial charge in [-0.1, -0.05) is 0 Å². The second-order valence-electron chi connectivity index (χ2n) is 4.04. The number of benzene rings is 1. The molecule has 1 heterocycles. The van der Waals surface area contributed by atoms with Gasteiger partial charge in [-0.2, -0.15) is 5.26 Å². The number of hydrogen-bond donors (Lipinski definition) is 1. The highest BCUT2D eigenvalue weighted by atomic mass is 16.6. The Bertz CT molecular complexity index is 675. The van der Waals surface area contributed by atoms with E-state index in [2.05, 4.69) is 16.4 Å². The number of nitro groups is 1. The first-order valence-corrected chi connectivity index (χ1v) is 6.05. The largest absolute Gasteiger partial charge is 0.369 e. The van der Waals surface area contributed by atoms with Gasteiger partial charge in [0.15, 0.2) is 0 Å². The van der Waals surface area contributed by atoms with Gasteiger partial charge >= 0.3 is 0 Å². The van der Waals surface area contributed by atoms with Crippen molar-refractivity contribution in [3.63, 3.8) is 0 Å². The van der Waals surface area contributed by atoms with E-state index in [0.717, 1.165) is 5.56 Å². The molecule has 0 aliphatic heterocycles. The highest BCUT2D eigenvalue weighted by molar-refractivity contribution is 5.65. The van der Waals surface area contributed by atoms with Crippen molar-refractivity contribution < 1.29 is 4.92 Å². The maximum atomic E-state index is 10.6. The van der Waals surface area contributed by atoms with Gasteiger partial charge in [-0.15, -0.1) is 0 Å². The molecule has 0 saturated carbocycles. The van der Waals surface area contributed by atoms with Gasteiger partial charge in [-0.25, -0.2) is 4.98 Å². The molecule has 2 rings (SSSR count). The molecular formula is C14H12N4O2. The maximum absolute atomic E-state index is 10.6. The molecule has 1 aromatic heterocycles. The van der Waals surface area contributed by atoms with E-state index in [1.54, 1.807) is 24.3 Å². The first-order chi connectivity index (χ1) is 9.65. The fourth-order valence-electron chi connectivity index (χ4n) is 1.77. The maximum Gasteiger partial charge on any atom is 0.269 e. The minimum absolute atomic E-state index is 0.0364. The van der Waals surface area contributed by atoms with Gasteiger partial charge in [0.25, 0.3) is 5.69 Å². The number of anilines is 1. The fraction of sp³-hybridized carbons (Fsp3) is 0.143. The number of hydrogen-bond acceptors (Lipinski definition) is 5. The van der Waals surface area contributed by atoms with Crippen LogP contribution in [0.4, 0.5) is 11.5 Å². The summed E-state index contributed by atoms with van der Waals surface area (Å²) in [6.45, 7) is 2.58. The molecule has 0 aliphatic rings. The molecule has 0 unspecified atom stereocenters. The summed E-state index contributed by atoms with van der Waals surface area (Å²) in [5, 5.41) is 22.6. The third-order valence-electron chi connectivity index (χ3n) is 2.73. The van der Waals surface area contributed by atoms with Gasteiger partial charge in [-0.05, 0) is 31.2 Å². The summed E-state index contributed by atoms with van der Waals surface area (Å²) in [6, 6.07) is 11.6. The number of nitrogens with zero attached hydrogens (tertiary/aromatic N) is 3. The van der Waals surface area contributed by atoms with Crippen LogP contribution in [0.25, 0.3) is 11.3 Å². The minimum Gasteiger partial charge on any atom is -0.369 e. The zero-order valence-electron chi connectivity index (χ0n) is 10.8. The Hall–Kier alpha value is -2.94. The number of pyridine rings is 1. The Morgan fingerprint density at radius 3 is 2.55 bits per heavy atom. The van der Waals surface area contributed by atoms with E-state index in [1.165, 1.54) is 12.1 Å². The summed E-state index contributed by atoms with van der Waals surface area (Å²) in [7, 11) is 0. The molecule has 0 spiro atoms. The lowest BCUT2D eigenvalue weighted by molar-refractivity contribution is -0.384. The molecule has 0 amide bonds. The van der Waals surface area contributed by atoms with Crippen molar-refractivity contribution in [1.29, 1.82) is 5.26 Å². The van der Waals surface area contributed by atoms with Crippen LogP contribution in [-0.2, 0) is 0 Å². The van der Waals surface area contributed by atoms with Crippen LogP contribution in [-0.4, -0.2) is 16.5 Å². The Labute approximate surface area is 115 Å². The lowest BCUT2D eigenvalue weighted by Gasteiger charge is -2.07. The molecule has 0 bridgehead atoms. The first-order valence-electron chi connectivity index (χ1n) is 6.05. The molecule has 20 heavy (non-hydrogen) atoms. The normalized spacial score (nSPS) is 9.80. The van der Waals surface area contributed by atoms with E-state index < -0.39 is 4.92 Å². The molecular weight excluding hydrogens is 256 g/mol. The Morgan fingerprint density at radius 2 is 2.00 bits per heavy atom. The molecule has 1 aromatic carbocycles. The second kappa shape index (κ2) is 5.80. The SMILES string of the molecule is CCNc1nc(-c2ccc([N+](=O)[O-])cc2)ccc1C#N. The number of rotatable bonds is 4. The van der Waals surface area contributed by atoms with Gasteiger partial charge in [0.1, 0.15) is 11.9 Å². The molecule has 0 radical (unpaired) electrons. The highest BCUT2D eigenvalue weighted by Gasteiger charge is 2.08. The topological polar surface area (TPSA) is 91.8 Å². The van der Waals surface area contributed by atoms with E-state index in [-0.39, 0.29) is 5.69 Å². The summed E-state index contributed by atoms with van der Waals surface area (Å²) in [4.78, 5) is 14.5. The minimum atomic E-state index is -0.444.